The SMILES string of the molecule is CCOCCCCNC(=NC)NCCCNS(C)(=O)=O. The Kier molecular flexibility index (Phi) is 11.4. The van der Waals surface area contributed by atoms with E-state index in [0.717, 1.165) is 44.8 Å². The van der Waals surface area contributed by atoms with E-state index in [1.165, 1.54) is 0 Å². The topological polar surface area (TPSA) is 91.8 Å². The highest BCUT2D eigenvalue weighted by Crippen LogP contribution is 1.88. The zero-order chi connectivity index (χ0) is 15.3. The summed E-state index contributed by atoms with van der Waals surface area (Å²) in [4.78, 5) is 4.09. The lowest BCUT2D eigenvalue weighted by Gasteiger charge is -2.11. The van der Waals surface area contributed by atoms with Crippen LogP contribution in [-0.4, -0.2) is 60.5 Å². The van der Waals surface area contributed by atoms with Gasteiger partial charge in [-0.05, 0) is 26.2 Å². The molecule has 120 valence electrons. The van der Waals surface area contributed by atoms with Crippen LogP contribution in [0.4, 0.5) is 0 Å². The Labute approximate surface area is 122 Å². The van der Waals surface area contributed by atoms with Gasteiger partial charge in [0.25, 0.3) is 0 Å². The van der Waals surface area contributed by atoms with E-state index in [1.54, 1.807) is 7.05 Å². The lowest BCUT2D eigenvalue weighted by atomic mass is 10.3. The van der Waals surface area contributed by atoms with Crippen molar-refractivity contribution >= 4 is 16.0 Å². The summed E-state index contributed by atoms with van der Waals surface area (Å²) in [6.45, 7) is 5.48. The number of nitrogens with one attached hydrogen (secondary N) is 3. The standard InChI is InChI=1S/C12H28N4O3S/c1-4-19-11-6-5-8-14-12(13-2)15-9-7-10-16-20(3,17)18/h16H,4-11H2,1-3H3,(H2,13,14,15). The summed E-state index contributed by atoms with van der Waals surface area (Å²) in [5.41, 5.74) is 0. The van der Waals surface area contributed by atoms with E-state index in [4.69, 9.17) is 4.74 Å². The van der Waals surface area contributed by atoms with Crippen LogP contribution in [0.5, 0.6) is 0 Å². The minimum Gasteiger partial charge on any atom is -0.382 e. The van der Waals surface area contributed by atoms with Crippen molar-refractivity contribution in [2.75, 3.05) is 46.2 Å². The van der Waals surface area contributed by atoms with Gasteiger partial charge in [-0.25, -0.2) is 13.1 Å². The molecule has 0 atom stereocenters. The van der Waals surface area contributed by atoms with Crippen molar-refractivity contribution in [2.45, 2.75) is 26.2 Å². The quantitative estimate of drug-likeness (QED) is 0.282. The normalized spacial score (nSPS) is 12.4. The molecule has 7 nitrogen and oxygen atoms in total. The third-order valence-electron chi connectivity index (χ3n) is 2.45. The highest BCUT2D eigenvalue weighted by Gasteiger charge is 2.00. The molecule has 0 heterocycles. The van der Waals surface area contributed by atoms with Gasteiger partial charge in [0.2, 0.25) is 10.0 Å². The van der Waals surface area contributed by atoms with Gasteiger partial charge in [0.1, 0.15) is 0 Å². The summed E-state index contributed by atoms with van der Waals surface area (Å²) in [5.74, 6) is 0.737. The van der Waals surface area contributed by atoms with E-state index in [-0.39, 0.29) is 0 Å². The molecule has 0 rings (SSSR count). The predicted octanol–water partition coefficient (Wildman–Crippen LogP) is -0.0926. The number of hydrogen-bond donors (Lipinski definition) is 3. The molecule has 0 aliphatic carbocycles. The molecule has 3 N–H and O–H groups in total. The molecule has 0 aliphatic rings. The molecule has 0 saturated heterocycles. The molecular formula is C12H28N4O3S. The van der Waals surface area contributed by atoms with Gasteiger partial charge in [-0.3, -0.25) is 4.99 Å². The van der Waals surface area contributed by atoms with Gasteiger partial charge in [-0.1, -0.05) is 0 Å². The van der Waals surface area contributed by atoms with Crippen molar-refractivity contribution < 1.29 is 13.2 Å². The molecule has 0 bridgehead atoms. The Morgan fingerprint density at radius 2 is 1.75 bits per heavy atom. The van der Waals surface area contributed by atoms with Crippen molar-refractivity contribution in [3.63, 3.8) is 0 Å². The van der Waals surface area contributed by atoms with Crippen LogP contribution in [0.2, 0.25) is 0 Å². The first-order valence-corrected chi connectivity index (χ1v) is 8.85. The lowest BCUT2D eigenvalue weighted by molar-refractivity contribution is 0.143. The van der Waals surface area contributed by atoms with Gasteiger partial charge in [0.05, 0.1) is 6.26 Å². The average molecular weight is 308 g/mol. The van der Waals surface area contributed by atoms with Crippen molar-refractivity contribution in [1.82, 2.24) is 15.4 Å². The Morgan fingerprint density at radius 3 is 2.30 bits per heavy atom. The molecule has 0 aromatic rings. The summed E-state index contributed by atoms with van der Waals surface area (Å²) in [6.07, 6.45) is 3.91. The second-order valence-corrected chi connectivity index (χ2v) is 6.18. The third kappa shape index (κ3) is 13.6. The number of ether oxygens (including phenoxy) is 1. The maximum Gasteiger partial charge on any atom is 0.208 e. The molecule has 0 saturated carbocycles. The average Bonchev–Trinajstić information content (AvgIpc) is 2.38. The minimum atomic E-state index is -3.09. The fraction of sp³-hybridized carbons (Fsp3) is 0.917. The Hall–Kier alpha value is -0.860. The second kappa shape index (κ2) is 11.9. The number of sulfonamides is 1. The highest BCUT2D eigenvalue weighted by atomic mass is 32.2. The van der Waals surface area contributed by atoms with E-state index in [9.17, 15) is 8.42 Å². The third-order valence-corrected chi connectivity index (χ3v) is 3.17. The smallest absolute Gasteiger partial charge is 0.208 e. The van der Waals surface area contributed by atoms with E-state index in [2.05, 4.69) is 20.3 Å². The molecule has 0 aliphatic heterocycles. The van der Waals surface area contributed by atoms with E-state index < -0.39 is 10.0 Å². The van der Waals surface area contributed by atoms with Gasteiger partial charge >= 0.3 is 0 Å². The van der Waals surface area contributed by atoms with Gasteiger partial charge in [-0.2, -0.15) is 0 Å². The van der Waals surface area contributed by atoms with Gasteiger partial charge in [0.15, 0.2) is 5.96 Å². The Morgan fingerprint density at radius 1 is 1.10 bits per heavy atom. The molecule has 0 aromatic carbocycles. The fourth-order valence-electron chi connectivity index (χ4n) is 1.45. The van der Waals surface area contributed by atoms with Crippen LogP contribution in [0.25, 0.3) is 0 Å². The van der Waals surface area contributed by atoms with Crippen LogP contribution in [-0.2, 0) is 14.8 Å². The van der Waals surface area contributed by atoms with E-state index >= 15 is 0 Å². The fourth-order valence-corrected chi connectivity index (χ4v) is 1.97. The zero-order valence-electron chi connectivity index (χ0n) is 12.7. The number of rotatable bonds is 11. The Bertz CT molecular complexity index is 358. The van der Waals surface area contributed by atoms with Crippen molar-refractivity contribution in [3.8, 4) is 0 Å². The first-order chi connectivity index (χ1) is 9.49. The maximum absolute atomic E-state index is 10.9. The molecule has 0 amide bonds. The Balaban J connectivity index is 3.53. The zero-order valence-corrected chi connectivity index (χ0v) is 13.6. The van der Waals surface area contributed by atoms with Crippen LogP contribution < -0.4 is 15.4 Å². The molecule has 0 aromatic heterocycles. The molecule has 0 spiro atoms. The molecule has 0 radical (unpaired) electrons. The van der Waals surface area contributed by atoms with Crippen molar-refractivity contribution in [3.05, 3.63) is 0 Å². The monoisotopic (exact) mass is 308 g/mol. The summed E-state index contributed by atoms with van der Waals surface area (Å²) >= 11 is 0. The van der Waals surface area contributed by atoms with Crippen LogP contribution in [0.3, 0.4) is 0 Å². The number of hydrogen-bond acceptors (Lipinski definition) is 4. The van der Waals surface area contributed by atoms with Crippen LogP contribution >= 0.6 is 0 Å². The molecule has 8 heteroatoms. The number of unbranched alkanes of at least 4 members (excludes halogenated alkanes) is 1. The molecule has 0 unspecified atom stereocenters. The lowest BCUT2D eigenvalue weighted by Crippen LogP contribution is -2.39. The van der Waals surface area contributed by atoms with Crippen molar-refractivity contribution in [2.24, 2.45) is 4.99 Å². The number of aliphatic imine (C=N–C) groups is 1. The maximum atomic E-state index is 10.9. The minimum absolute atomic E-state index is 0.428. The number of guanidine groups is 1. The van der Waals surface area contributed by atoms with E-state index in [1.807, 2.05) is 6.92 Å². The largest absolute Gasteiger partial charge is 0.382 e. The summed E-state index contributed by atoms with van der Waals surface area (Å²) in [7, 11) is -1.38. The first-order valence-electron chi connectivity index (χ1n) is 6.96. The summed E-state index contributed by atoms with van der Waals surface area (Å²) in [6, 6.07) is 0. The van der Waals surface area contributed by atoms with Crippen LogP contribution in [0.15, 0.2) is 4.99 Å². The van der Waals surface area contributed by atoms with E-state index in [0.29, 0.717) is 19.5 Å². The highest BCUT2D eigenvalue weighted by molar-refractivity contribution is 7.88. The van der Waals surface area contributed by atoms with Gasteiger partial charge in [-0.15, -0.1) is 0 Å². The predicted molar refractivity (Wildman–Crippen MR) is 82.6 cm³/mol. The summed E-state index contributed by atoms with van der Waals surface area (Å²) < 4.78 is 29.4. The van der Waals surface area contributed by atoms with Crippen LogP contribution in [0.1, 0.15) is 26.2 Å². The van der Waals surface area contributed by atoms with Crippen molar-refractivity contribution in [1.29, 1.82) is 0 Å². The van der Waals surface area contributed by atoms with Gasteiger partial charge in [0, 0.05) is 39.9 Å². The van der Waals surface area contributed by atoms with Crippen LogP contribution in [0, 0.1) is 0 Å². The summed E-state index contributed by atoms with van der Waals surface area (Å²) in [5, 5.41) is 6.33. The first kappa shape index (κ1) is 19.1. The number of nitrogens with zero attached hydrogens (tertiary/aromatic N) is 1. The molecular weight excluding hydrogens is 280 g/mol. The molecule has 0 fully saturated rings. The van der Waals surface area contributed by atoms with Gasteiger partial charge < -0.3 is 15.4 Å². The molecule has 20 heavy (non-hydrogen) atoms. The second-order valence-electron chi connectivity index (χ2n) is 4.35.